The van der Waals surface area contributed by atoms with Crippen molar-refractivity contribution in [1.82, 2.24) is 4.90 Å². The lowest BCUT2D eigenvalue weighted by Gasteiger charge is -2.32. The Morgan fingerprint density at radius 2 is 2.04 bits per heavy atom. The number of rotatable bonds is 4. The molecule has 2 amide bonds. The molecular formula is C17H19N3O2S. The van der Waals surface area contributed by atoms with Crippen molar-refractivity contribution in [2.45, 2.75) is 19.4 Å². The van der Waals surface area contributed by atoms with Gasteiger partial charge >= 0.3 is 0 Å². The van der Waals surface area contributed by atoms with Gasteiger partial charge in [-0.1, -0.05) is 0 Å². The molecule has 0 radical (unpaired) electrons. The minimum atomic E-state index is -0.475. The van der Waals surface area contributed by atoms with Crippen LogP contribution in [0, 0.1) is 0 Å². The highest BCUT2D eigenvalue weighted by Crippen LogP contribution is 2.32. The zero-order valence-corrected chi connectivity index (χ0v) is 13.7. The number of fused-ring (bicyclic) bond motifs is 1. The molecule has 0 fully saturated rings. The Kier molecular flexibility index (Phi) is 4.45. The molecule has 5 nitrogen and oxygen atoms in total. The topological polar surface area (TPSA) is 75.4 Å². The molecule has 0 bridgehead atoms. The van der Waals surface area contributed by atoms with Crippen LogP contribution in [0.5, 0.6) is 0 Å². The third-order valence-electron chi connectivity index (χ3n) is 4.20. The molecule has 1 aromatic carbocycles. The van der Waals surface area contributed by atoms with E-state index in [-0.39, 0.29) is 11.9 Å². The van der Waals surface area contributed by atoms with E-state index in [4.69, 9.17) is 5.73 Å². The van der Waals surface area contributed by atoms with Crippen molar-refractivity contribution in [1.29, 1.82) is 0 Å². The van der Waals surface area contributed by atoms with Crippen molar-refractivity contribution in [2.24, 2.45) is 5.73 Å². The number of thiophene rings is 1. The summed E-state index contributed by atoms with van der Waals surface area (Å²) >= 11 is 1.79. The van der Waals surface area contributed by atoms with Gasteiger partial charge in [0.25, 0.3) is 0 Å². The minimum Gasteiger partial charge on any atom is -0.366 e. The molecule has 3 N–H and O–H groups in total. The van der Waals surface area contributed by atoms with Crippen LogP contribution in [0.4, 0.5) is 5.69 Å². The Hall–Kier alpha value is -2.18. The molecule has 0 unspecified atom stereocenters. The molecule has 120 valence electrons. The molecule has 3 rings (SSSR count). The predicted octanol–water partition coefficient (Wildman–Crippen LogP) is 2.40. The molecule has 2 heterocycles. The maximum absolute atomic E-state index is 12.3. The second kappa shape index (κ2) is 6.52. The number of anilines is 1. The molecular weight excluding hydrogens is 310 g/mol. The van der Waals surface area contributed by atoms with Gasteiger partial charge in [-0.05, 0) is 54.6 Å². The van der Waals surface area contributed by atoms with Crippen LogP contribution < -0.4 is 11.1 Å². The Morgan fingerprint density at radius 3 is 2.74 bits per heavy atom. The van der Waals surface area contributed by atoms with E-state index < -0.39 is 5.91 Å². The van der Waals surface area contributed by atoms with E-state index in [0.717, 1.165) is 13.0 Å². The molecule has 23 heavy (non-hydrogen) atoms. The predicted molar refractivity (Wildman–Crippen MR) is 91.6 cm³/mol. The van der Waals surface area contributed by atoms with E-state index in [2.05, 4.69) is 28.6 Å². The molecule has 0 aliphatic carbocycles. The Balaban J connectivity index is 1.60. The molecule has 1 atom stereocenters. The van der Waals surface area contributed by atoms with Gasteiger partial charge in [0, 0.05) is 28.7 Å². The van der Waals surface area contributed by atoms with Gasteiger partial charge in [0.1, 0.15) is 0 Å². The SMILES string of the molecule is C[C@H]1c2ccsc2CCN1CC(=O)Nc1ccc(C(N)=O)cc1. The van der Waals surface area contributed by atoms with Crippen molar-refractivity contribution >= 4 is 28.8 Å². The summed E-state index contributed by atoms with van der Waals surface area (Å²) in [7, 11) is 0. The highest BCUT2D eigenvalue weighted by molar-refractivity contribution is 7.10. The monoisotopic (exact) mass is 329 g/mol. The van der Waals surface area contributed by atoms with Gasteiger partial charge in [0.05, 0.1) is 6.54 Å². The van der Waals surface area contributed by atoms with E-state index >= 15 is 0 Å². The maximum Gasteiger partial charge on any atom is 0.248 e. The standard InChI is InChI=1S/C17H19N3O2S/c1-11-14-7-9-23-15(14)6-8-20(11)10-16(21)19-13-4-2-12(3-5-13)17(18)22/h2-5,7,9,11H,6,8,10H2,1H3,(H2,18,22)(H,19,21)/t11-/m0/s1. The number of hydrogen-bond acceptors (Lipinski definition) is 4. The summed E-state index contributed by atoms with van der Waals surface area (Å²) in [5.74, 6) is -0.529. The third kappa shape index (κ3) is 3.43. The van der Waals surface area contributed by atoms with E-state index in [0.29, 0.717) is 17.8 Å². The third-order valence-corrected chi connectivity index (χ3v) is 5.20. The van der Waals surface area contributed by atoms with Gasteiger partial charge in [0.2, 0.25) is 11.8 Å². The number of amides is 2. The molecule has 0 saturated heterocycles. The molecule has 1 aliphatic heterocycles. The van der Waals surface area contributed by atoms with E-state index in [1.807, 2.05) is 0 Å². The number of carbonyl (C=O) groups is 2. The van der Waals surface area contributed by atoms with Crippen LogP contribution in [-0.4, -0.2) is 29.8 Å². The van der Waals surface area contributed by atoms with Crippen LogP contribution in [-0.2, 0) is 11.2 Å². The second-order valence-electron chi connectivity index (χ2n) is 5.69. The largest absolute Gasteiger partial charge is 0.366 e. The fraction of sp³-hybridized carbons (Fsp3) is 0.294. The number of nitrogens with two attached hydrogens (primary N) is 1. The summed E-state index contributed by atoms with van der Waals surface area (Å²) in [5, 5.41) is 4.98. The van der Waals surface area contributed by atoms with E-state index in [1.165, 1.54) is 10.4 Å². The van der Waals surface area contributed by atoms with Crippen LogP contribution in [0.1, 0.15) is 33.8 Å². The van der Waals surface area contributed by atoms with Crippen molar-refractivity contribution < 1.29 is 9.59 Å². The first-order chi connectivity index (χ1) is 11.0. The second-order valence-corrected chi connectivity index (χ2v) is 6.69. The first-order valence-corrected chi connectivity index (χ1v) is 8.42. The number of carbonyl (C=O) groups excluding carboxylic acids is 2. The zero-order chi connectivity index (χ0) is 16.4. The van der Waals surface area contributed by atoms with Crippen LogP contribution in [0.2, 0.25) is 0 Å². The molecule has 2 aromatic rings. The van der Waals surface area contributed by atoms with Crippen LogP contribution >= 0.6 is 11.3 Å². The Bertz CT molecular complexity index is 724. The van der Waals surface area contributed by atoms with Gasteiger partial charge in [0.15, 0.2) is 0 Å². The quantitative estimate of drug-likeness (QED) is 0.904. The highest BCUT2D eigenvalue weighted by atomic mass is 32.1. The number of benzene rings is 1. The number of primary amides is 1. The van der Waals surface area contributed by atoms with Gasteiger partial charge in [-0.3, -0.25) is 14.5 Å². The fourth-order valence-corrected chi connectivity index (χ4v) is 3.84. The van der Waals surface area contributed by atoms with Crippen molar-refractivity contribution in [2.75, 3.05) is 18.4 Å². The summed E-state index contributed by atoms with van der Waals surface area (Å²) < 4.78 is 0. The number of nitrogens with one attached hydrogen (secondary N) is 1. The van der Waals surface area contributed by atoms with Gasteiger partial charge in [-0.25, -0.2) is 0 Å². The average Bonchev–Trinajstić information content (AvgIpc) is 3.00. The smallest absolute Gasteiger partial charge is 0.248 e. The van der Waals surface area contributed by atoms with Crippen LogP contribution in [0.15, 0.2) is 35.7 Å². The summed E-state index contributed by atoms with van der Waals surface area (Å²) in [6, 6.07) is 9.01. The van der Waals surface area contributed by atoms with Crippen LogP contribution in [0.25, 0.3) is 0 Å². The normalized spacial score (nSPS) is 17.5. The Morgan fingerprint density at radius 1 is 1.30 bits per heavy atom. The number of hydrogen-bond donors (Lipinski definition) is 2. The van der Waals surface area contributed by atoms with Crippen molar-refractivity contribution in [3.63, 3.8) is 0 Å². The van der Waals surface area contributed by atoms with Gasteiger partial charge in [-0.2, -0.15) is 0 Å². The maximum atomic E-state index is 12.3. The average molecular weight is 329 g/mol. The minimum absolute atomic E-state index is 0.0534. The molecule has 0 spiro atoms. The molecule has 1 aliphatic rings. The first-order valence-electron chi connectivity index (χ1n) is 7.54. The zero-order valence-electron chi connectivity index (χ0n) is 12.9. The van der Waals surface area contributed by atoms with Gasteiger partial charge < -0.3 is 11.1 Å². The highest BCUT2D eigenvalue weighted by Gasteiger charge is 2.26. The Labute approximate surface area is 139 Å². The summed E-state index contributed by atoms with van der Waals surface area (Å²) in [4.78, 5) is 26.9. The van der Waals surface area contributed by atoms with Crippen molar-refractivity contribution in [3.05, 3.63) is 51.7 Å². The molecule has 1 aromatic heterocycles. The summed E-state index contributed by atoms with van der Waals surface area (Å²) in [6.07, 6.45) is 0.998. The number of nitrogens with zero attached hydrogens (tertiary/aromatic N) is 1. The lowest BCUT2D eigenvalue weighted by atomic mass is 10.0. The van der Waals surface area contributed by atoms with Crippen LogP contribution in [0.3, 0.4) is 0 Å². The van der Waals surface area contributed by atoms with Crippen molar-refractivity contribution in [3.8, 4) is 0 Å². The summed E-state index contributed by atoms with van der Waals surface area (Å²) in [6.45, 7) is 3.39. The van der Waals surface area contributed by atoms with Gasteiger partial charge in [-0.15, -0.1) is 11.3 Å². The van der Waals surface area contributed by atoms with E-state index in [9.17, 15) is 9.59 Å². The summed E-state index contributed by atoms with van der Waals surface area (Å²) in [5.41, 5.74) is 7.63. The lowest BCUT2D eigenvalue weighted by Crippen LogP contribution is -2.39. The fourth-order valence-electron chi connectivity index (χ4n) is 2.88. The first kappa shape index (κ1) is 15.7. The van der Waals surface area contributed by atoms with E-state index in [1.54, 1.807) is 35.6 Å². The lowest BCUT2D eigenvalue weighted by molar-refractivity contribution is -0.117. The molecule has 6 heteroatoms. The molecule has 0 saturated carbocycles.